The number of nitrogens with one attached hydrogen (secondary N) is 1. The largest absolute Gasteiger partial charge is 0.444 e. The van der Waals surface area contributed by atoms with E-state index in [9.17, 15) is 27.6 Å². The Balaban J connectivity index is 1.51. The number of amides is 2. The SMILES string of the molecule is CCc1c(N2CCN(C(=O)OC(C)(C)C)[C@@H]3CC[C@H]32)c(=O)c2nc(Br)cnc2n1CC(=O)Nc1ccc(C(F)(F)F)cc1Cl. The molecule has 0 unspecified atom stereocenters. The summed E-state index contributed by atoms with van der Waals surface area (Å²) in [5, 5.41) is 2.31. The lowest BCUT2D eigenvalue weighted by molar-refractivity contribution is -0.137. The standard InChI is InChI=1S/C29H31BrClF3N6O4/c1-5-18-24(38-10-11-39(20-9-8-19(20)38)27(43)44-28(2,3)4)25(42)23-26(35-13-21(30)37-23)40(18)14-22(41)36-17-7-6-15(12-16(17)31)29(32,33)34/h6-7,12-13,19-20H,5,8-11,14H2,1-4H3,(H,36,41)/t19-,20-/m1/s1. The molecular formula is C29H31BrClF3N6O4. The van der Waals surface area contributed by atoms with Gasteiger partial charge in [-0.25, -0.2) is 14.8 Å². The number of pyridine rings is 1. The molecule has 0 radical (unpaired) electrons. The molecule has 1 saturated carbocycles. The van der Waals surface area contributed by atoms with E-state index in [0.717, 1.165) is 31.0 Å². The maximum Gasteiger partial charge on any atom is 0.416 e. The number of nitrogens with zero attached hydrogens (tertiary/aromatic N) is 5. The number of aromatic nitrogens is 3. The highest BCUT2D eigenvalue weighted by Gasteiger charge is 2.47. The van der Waals surface area contributed by atoms with Crippen LogP contribution in [0.5, 0.6) is 0 Å². The summed E-state index contributed by atoms with van der Waals surface area (Å²) in [7, 11) is 0. The first-order valence-electron chi connectivity index (χ1n) is 14.1. The second-order valence-corrected chi connectivity index (χ2v) is 13.0. The monoisotopic (exact) mass is 698 g/mol. The highest BCUT2D eigenvalue weighted by molar-refractivity contribution is 9.10. The number of carbonyl (C=O) groups is 2. The molecule has 3 heterocycles. The zero-order valence-electron chi connectivity index (χ0n) is 24.5. The summed E-state index contributed by atoms with van der Waals surface area (Å²) < 4.78 is 46.8. The number of halogens is 5. The van der Waals surface area contributed by atoms with Crippen LogP contribution in [0.2, 0.25) is 5.02 Å². The Kier molecular flexibility index (Phi) is 8.62. The number of piperazine rings is 1. The van der Waals surface area contributed by atoms with Gasteiger partial charge in [0.05, 0.1) is 28.5 Å². The number of carbonyl (C=O) groups excluding carboxylic acids is 2. The lowest BCUT2D eigenvalue weighted by atomic mass is 9.81. The minimum absolute atomic E-state index is 0.0118. The molecule has 0 bridgehead atoms. The van der Waals surface area contributed by atoms with Gasteiger partial charge < -0.3 is 24.4 Å². The van der Waals surface area contributed by atoms with Gasteiger partial charge >= 0.3 is 12.3 Å². The van der Waals surface area contributed by atoms with Gasteiger partial charge in [-0.15, -0.1) is 0 Å². The molecule has 1 N–H and O–H groups in total. The van der Waals surface area contributed by atoms with E-state index in [0.29, 0.717) is 35.5 Å². The first kappa shape index (κ1) is 32.0. The number of ether oxygens (including phenoxy) is 1. The molecular weight excluding hydrogens is 669 g/mol. The fraction of sp³-hybridized carbons (Fsp3) is 0.483. The second kappa shape index (κ2) is 11.8. The number of hydrogen-bond acceptors (Lipinski definition) is 7. The predicted molar refractivity (Wildman–Crippen MR) is 163 cm³/mol. The van der Waals surface area contributed by atoms with Gasteiger partial charge in [-0.3, -0.25) is 9.59 Å². The zero-order chi connectivity index (χ0) is 32.1. The van der Waals surface area contributed by atoms with Crippen LogP contribution in [0.1, 0.15) is 51.8 Å². The lowest BCUT2D eigenvalue weighted by Gasteiger charge is -2.54. The third kappa shape index (κ3) is 6.23. The molecule has 3 aromatic rings. The predicted octanol–water partition coefficient (Wildman–Crippen LogP) is 6.02. The summed E-state index contributed by atoms with van der Waals surface area (Å²) in [5.41, 5.74) is -0.752. The Bertz CT molecular complexity index is 1690. The van der Waals surface area contributed by atoms with Crippen molar-refractivity contribution in [2.24, 2.45) is 0 Å². The van der Waals surface area contributed by atoms with Gasteiger partial charge in [0.1, 0.15) is 22.4 Å². The Morgan fingerprint density at radius 3 is 2.45 bits per heavy atom. The van der Waals surface area contributed by atoms with Crippen LogP contribution in [0.15, 0.2) is 33.8 Å². The van der Waals surface area contributed by atoms with E-state index in [1.807, 2.05) is 32.6 Å². The van der Waals surface area contributed by atoms with E-state index in [1.54, 1.807) is 9.47 Å². The van der Waals surface area contributed by atoms with Crippen LogP contribution in [-0.2, 0) is 28.7 Å². The van der Waals surface area contributed by atoms with Crippen LogP contribution < -0.4 is 15.6 Å². The molecule has 1 aromatic carbocycles. The van der Waals surface area contributed by atoms with Crippen LogP contribution in [0.25, 0.3) is 11.2 Å². The van der Waals surface area contributed by atoms with Crippen molar-refractivity contribution in [3.63, 3.8) is 0 Å². The van der Waals surface area contributed by atoms with Crippen LogP contribution in [0.4, 0.5) is 29.3 Å². The van der Waals surface area contributed by atoms with E-state index < -0.39 is 29.3 Å². The number of benzene rings is 1. The van der Waals surface area contributed by atoms with Crippen molar-refractivity contribution >= 4 is 62.1 Å². The quantitative estimate of drug-likeness (QED) is 0.347. The summed E-state index contributed by atoms with van der Waals surface area (Å²) in [6.07, 6.45) is -1.70. The van der Waals surface area contributed by atoms with Gasteiger partial charge in [-0.1, -0.05) is 18.5 Å². The molecule has 5 rings (SSSR count). The van der Waals surface area contributed by atoms with E-state index in [4.69, 9.17) is 16.3 Å². The van der Waals surface area contributed by atoms with Gasteiger partial charge in [0.15, 0.2) is 11.2 Å². The molecule has 2 aromatic heterocycles. The van der Waals surface area contributed by atoms with Crippen molar-refractivity contribution in [1.82, 2.24) is 19.4 Å². The zero-order valence-corrected chi connectivity index (χ0v) is 26.8. The average Bonchev–Trinajstić information content (AvgIpc) is 2.90. The Morgan fingerprint density at radius 2 is 1.86 bits per heavy atom. The molecule has 2 atom stereocenters. The fourth-order valence-electron chi connectivity index (χ4n) is 5.72. The normalized spacial score (nSPS) is 18.6. The van der Waals surface area contributed by atoms with Crippen LogP contribution >= 0.6 is 27.5 Å². The topological polar surface area (TPSA) is 110 Å². The summed E-state index contributed by atoms with van der Waals surface area (Å²) in [4.78, 5) is 52.8. The molecule has 1 saturated heterocycles. The van der Waals surface area contributed by atoms with Crippen molar-refractivity contribution in [2.45, 2.75) is 77.4 Å². The van der Waals surface area contributed by atoms with E-state index >= 15 is 0 Å². The van der Waals surface area contributed by atoms with Crippen LogP contribution in [-0.4, -0.2) is 62.2 Å². The number of fused-ring (bicyclic) bond motifs is 2. The summed E-state index contributed by atoms with van der Waals surface area (Å²) >= 11 is 9.36. The molecule has 236 valence electrons. The molecule has 1 aliphatic carbocycles. The number of alkyl halides is 3. The maximum absolute atomic E-state index is 14.0. The fourth-order valence-corrected chi connectivity index (χ4v) is 6.23. The van der Waals surface area contributed by atoms with Crippen LogP contribution in [0, 0.1) is 0 Å². The maximum atomic E-state index is 14.0. The van der Waals surface area contributed by atoms with Gasteiger partial charge in [-0.2, -0.15) is 13.2 Å². The minimum atomic E-state index is -4.59. The van der Waals surface area contributed by atoms with E-state index in [1.165, 1.54) is 6.20 Å². The third-order valence-electron chi connectivity index (χ3n) is 7.72. The van der Waals surface area contributed by atoms with Crippen molar-refractivity contribution in [3.05, 3.63) is 55.5 Å². The molecule has 1 aliphatic heterocycles. The Labute approximate surface area is 264 Å². The highest BCUT2D eigenvalue weighted by atomic mass is 79.9. The summed E-state index contributed by atoms with van der Waals surface area (Å²) in [6.45, 7) is 7.68. The number of rotatable bonds is 5. The molecule has 44 heavy (non-hydrogen) atoms. The third-order valence-corrected chi connectivity index (χ3v) is 8.41. The van der Waals surface area contributed by atoms with Gasteiger partial charge in [0.25, 0.3) is 0 Å². The number of hydrogen-bond donors (Lipinski definition) is 1. The van der Waals surface area contributed by atoms with Gasteiger partial charge in [0.2, 0.25) is 11.3 Å². The number of anilines is 2. The van der Waals surface area contributed by atoms with Crippen molar-refractivity contribution in [3.8, 4) is 0 Å². The van der Waals surface area contributed by atoms with E-state index in [-0.39, 0.29) is 45.9 Å². The first-order valence-corrected chi connectivity index (χ1v) is 15.3. The Hall–Kier alpha value is -3.39. The smallest absolute Gasteiger partial charge is 0.416 e. The summed E-state index contributed by atoms with van der Waals surface area (Å²) in [5.74, 6) is -0.585. The molecule has 0 spiro atoms. The van der Waals surface area contributed by atoms with Crippen molar-refractivity contribution < 1.29 is 27.5 Å². The van der Waals surface area contributed by atoms with E-state index in [2.05, 4.69) is 31.2 Å². The van der Waals surface area contributed by atoms with Crippen molar-refractivity contribution in [1.29, 1.82) is 0 Å². The highest BCUT2D eigenvalue weighted by Crippen LogP contribution is 2.38. The Morgan fingerprint density at radius 1 is 1.16 bits per heavy atom. The molecule has 2 amide bonds. The second-order valence-electron chi connectivity index (χ2n) is 11.7. The molecule has 2 fully saturated rings. The van der Waals surface area contributed by atoms with Gasteiger partial charge in [0, 0.05) is 24.8 Å². The molecule has 2 aliphatic rings. The summed E-state index contributed by atoms with van der Waals surface area (Å²) in [6, 6.07) is 2.39. The lowest BCUT2D eigenvalue weighted by Crippen LogP contribution is -2.67. The van der Waals surface area contributed by atoms with Crippen LogP contribution in [0.3, 0.4) is 0 Å². The molecule has 15 heteroatoms. The molecule has 10 nitrogen and oxygen atoms in total. The van der Waals surface area contributed by atoms with Gasteiger partial charge in [-0.05, 0) is 74.2 Å². The average molecular weight is 700 g/mol. The minimum Gasteiger partial charge on any atom is -0.444 e. The first-order chi connectivity index (χ1) is 20.6. The van der Waals surface area contributed by atoms with Crippen molar-refractivity contribution in [2.75, 3.05) is 23.3 Å².